The quantitative estimate of drug-likeness (QED) is 0.725. The van der Waals surface area contributed by atoms with Gasteiger partial charge >= 0.3 is 16.3 Å². The minimum atomic E-state index is -5.30. The molecule has 0 radical (unpaired) electrons. The Labute approximate surface area is 165 Å². The Hall–Kier alpha value is -3.01. The molecule has 10 heteroatoms. The van der Waals surface area contributed by atoms with Crippen molar-refractivity contribution in [2.45, 2.75) is 18.0 Å². The van der Waals surface area contributed by atoms with E-state index in [1.54, 1.807) is 0 Å². The highest BCUT2D eigenvalue weighted by Crippen LogP contribution is 2.35. The van der Waals surface area contributed by atoms with Crippen molar-refractivity contribution in [3.63, 3.8) is 0 Å². The second kappa shape index (κ2) is 7.19. The molecule has 1 aliphatic rings. The van der Waals surface area contributed by atoms with Crippen LogP contribution in [0, 0.1) is 0 Å². The zero-order valence-corrected chi connectivity index (χ0v) is 14.5. The van der Waals surface area contributed by atoms with E-state index in [1.165, 1.54) is 18.2 Å². The van der Waals surface area contributed by atoms with E-state index in [2.05, 4.69) is 4.18 Å². The van der Waals surface area contributed by atoms with Crippen molar-refractivity contribution in [1.82, 2.24) is 0 Å². The van der Waals surface area contributed by atoms with Crippen molar-refractivity contribution >= 4 is 15.9 Å². The van der Waals surface area contributed by atoms with Gasteiger partial charge in [0.1, 0.15) is 5.70 Å². The Morgan fingerprint density at radius 2 is 1.82 bits per heavy atom. The molecule has 1 aliphatic heterocycles. The third-order valence-electron chi connectivity index (χ3n) is 3.49. The predicted octanol–water partition coefficient (Wildman–Crippen LogP) is 3.02. The zero-order valence-electron chi connectivity index (χ0n) is 18.7. The highest BCUT2D eigenvalue weighted by molar-refractivity contribution is 7.86. The van der Waals surface area contributed by atoms with Crippen LogP contribution in [0.15, 0.2) is 66.2 Å². The lowest BCUT2D eigenvalue weighted by molar-refractivity contribution is -0.137. The van der Waals surface area contributed by atoms with Crippen LogP contribution < -0.4 is 5.72 Å². The molecule has 0 saturated heterocycles. The van der Waals surface area contributed by atoms with Crippen molar-refractivity contribution in [1.29, 1.82) is 0 Å². The number of rotatable bonds is 6. The van der Waals surface area contributed by atoms with Crippen LogP contribution in [0.4, 0.5) is 13.2 Å². The average Bonchev–Trinajstić information content (AvgIpc) is 3.00. The van der Waals surface area contributed by atoms with E-state index in [1.807, 2.05) is 0 Å². The number of carbonyl (C=O) groups is 1. The molecule has 0 saturated carbocycles. The molecule has 0 amide bonds. The fraction of sp³-hybridized carbons (Fsp3) is 0.167. The lowest BCUT2D eigenvalue weighted by Gasteiger charge is -2.12. The van der Waals surface area contributed by atoms with E-state index in [4.69, 9.17) is 11.7 Å². The topological polar surface area (TPSA) is 95.7 Å². The van der Waals surface area contributed by atoms with Crippen molar-refractivity contribution in [2.24, 2.45) is 5.72 Å². The first-order valence-corrected chi connectivity index (χ1v) is 8.95. The fourth-order valence-electron chi connectivity index (χ4n) is 2.24. The normalized spacial score (nSPS) is 23.1. The van der Waals surface area contributed by atoms with Crippen molar-refractivity contribution in [3.05, 3.63) is 82.9 Å². The van der Waals surface area contributed by atoms with Gasteiger partial charge in [0.15, 0.2) is 8.90 Å². The summed E-state index contributed by atoms with van der Waals surface area (Å²) < 4.78 is 112. The molecule has 2 aromatic rings. The second-order valence-electron chi connectivity index (χ2n) is 5.48. The van der Waals surface area contributed by atoms with Crippen molar-refractivity contribution < 1.29 is 42.2 Å². The number of ketones is 1. The van der Waals surface area contributed by atoms with Crippen LogP contribution in [0.5, 0.6) is 0 Å². The first-order valence-electron chi connectivity index (χ1n) is 9.94. The van der Waals surface area contributed by atoms with Crippen LogP contribution in [0.3, 0.4) is 0 Å². The molecule has 0 aliphatic carbocycles. The van der Waals surface area contributed by atoms with Gasteiger partial charge in [-0.1, -0.05) is 42.5 Å². The van der Waals surface area contributed by atoms with Gasteiger partial charge in [0.05, 0.1) is 9.68 Å². The molecule has 0 fully saturated rings. The summed E-state index contributed by atoms with van der Waals surface area (Å²) in [4.78, 5) is 12.9. The summed E-state index contributed by atoms with van der Waals surface area (Å²) in [6.07, 6.45) is -7.59. The highest BCUT2D eigenvalue weighted by atomic mass is 32.2. The number of nitrogens with two attached hydrogens (primary N) is 1. The van der Waals surface area contributed by atoms with Gasteiger partial charge in [-0.2, -0.15) is 21.6 Å². The van der Waals surface area contributed by atoms with E-state index in [-0.39, 0.29) is 11.3 Å². The molecular formula is C18H14F3NO5S. The van der Waals surface area contributed by atoms with Crippen LogP contribution >= 0.6 is 0 Å². The van der Waals surface area contributed by atoms with Crippen molar-refractivity contribution in [3.8, 4) is 0 Å². The largest absolute Gasteiger partial charge is 0.460 e. The lowest BCUT2D eigenvalue weighted by atomic mass is 10.0. The number of carbonyl (C=O) groups excluding carboxylic acids is 1. The maximum atomic E-state index is 12.9. The Morgan fingerprint density at radius 1 is 1.18 bits per heavy atom. The van der Waals surface area contributed by atoms with E-state index >= 15 is 0 Å². The third kappa shape index (κ3) is 4.28. The Bertz CT molecular complexity index is 1200. The summed E-state index contributed by atoms with van der Waals surface area (Å²) in [5, 5.41) is 0. The molecule has 3 rings (SSSR count). The monoisotopic (exact) mass is 418 g/mol. The summed E-state index contributed by atoms with van der Waals surface area (Å²) in [6.45, 7) is 0. The average molecular weight is 418 g/mol. The summed E-state index contributed by atoms with van der Waals surface area (Å²) in [7, 11) is -5.30. The molecule has 2 N–H and O–H groups in total. The number of alkyl halides is 3. The summed E-state index contributed by atoms with van der Waals surface area (Å²) in [5.74, 6) is -4.06. The van der Waals surface area contributed by atoms with Gasteiger partial charge in [-0.15, -0.1) is 0 Å². The smallest absolute Gasteiger partial charge is 0.416 e. The van der Waals surface area contributed by atoms with E-state index in [0.717, 1.165) is 24.3 Å². The Balaban J connectivity index is 2.00. The zero-order chi connectivity index (χ0) is 24.8. The van der Waals surface area contributed by atoms with Crippen LogP contribution in [-0.2, 0) is 35.7 Å². The van der Waals surface area contributed by atoms with Gasteiger partial charge < -0.3 is 14.6 Å². The molecule has 1 unspecified atom stereocenters. The number of Topliss-reactive ketones (excluding diaryl/α,β-unsaturated/α-hetero) is 1. The SMILES string of the molecule is [2H]N([2H])C1=C(OS(=O)(=O)C([2H])([2H])c2ccccc2)C(=O)C([2H])(c2ccc(C(F)(F)F)cc2)O1. The standard InChI is InChI=1S/C18H14F3NO5S/c19-18(20,21)13-8-6-12(7-9-13)15-14(23)16(17(22)26-15)27-28(24,25)10-11-4-2-1-3-5-11/h1-9,15H,10,22H2/i10D2,15D/hD2. The highest BCUT2D eigenvalue weighted by Gasteiger charge is 2.40. The summed E-state index contributed by atoms with van der Waals surface area (Å²) in [6, 6.07) is 9.09. The van der Waals surface area contributed by atoms with E-state index < -0.39 is 56.6 Å². The molecule has 148 valence electrons. The molecule has 6 nitrogen and oxygen atoms in total. The maximum absolute atomic E-state index is 12.9. The first-order chi connectivity index (χ1) is 15.1. The van der Waals surface area contributed by atoms with E-state index in [9.17, 15) is 26.4 Å². The molecule has 0 aromatic heterocycles. The van der Waals surface area contributed by atoms with Gasteiger partial charge in [0.2, 0.25) is 17.4 Å². The van der Waals surface area contributed by atoms with Gasteiger partial charge in [-0.3, -0.25) is 4.79 Å². The van der Waals surface area contributed by atoms with Gasteiger partial charge in [0.25, 0.3) is 0 Å². The van der Waals surface area contributed by atoms with Crippen LogP contribution in [0.2, 0.25) is 2.82 Å². The molecule has 1 atom stereocenters. The molecule has 28 heavy (non-hydrogen) atoms. The van der Waals surface area contributed by atoms with Crippen molar-refractivity contribution in [2.75, 3.05) is 0 Å². The minimum Gasteiger partial charge on any atom is -0.460 e. The van der Waals surface area contributed by atoms with E-state index in [0.29, 0.717) is 12.1 Å². The number of benzene rings is 2. The fourth-order valence-corrected chi connectivity index (χ4v) is 3.08. The number of hydrogen-bond donors (Lipinski definition) is 1. The Kier molecular flexibility index (Phi) is 3.61. The van der Waals surface area contributed by atoms with Crippen LogP contribution in [-0.4, -0.2) is 14.2 Å². The predicted molar refractivity (Wildman–Crippen MR) is 91.6 cm³/mol. The molecular weight excluding hydrogens is 399 g/mol. The van der Waals surface area contributed by atoms with Gasteiger partial charge in [0, 0.05) is 5.56 Å². The number of halogens is 3. The summed E-state index contributed by atoms with van der Waals surface area (Å²) >= 11 is 0. The number of ether oxygens (including phenoxy) is 1. The molecule has 2 aromatic carbocycles. The Morgan fingerprint density at radius 3 is 2.39 bits per heavy atom. The van der Waals surface area contributed by atoms with Crippen LogP contribution in [0.25, 0.3) is 0 Å². The molecule has 0 bridgehead atoms. The summed E-state index contributed by atoms with van der Waals surface area (Å²) in [5.41, 5.74) is -5.48. The second-order valence-corrected chi connectivity index (χ2v) is 6.75. The van der Waals surface area contributed by atoms with Gasteiger partial charge in [-0.05, 0) is 17.7 Å². The molecule has 0 spiro atoms. The van der Waals surface area contributed by atoms with Gasteiger partial charge in [-0.25, -0.2) is 0 Å². The maximum Gasteiger partial charge on any atom is 0.416 e. The van der Waals surface area contributed by atoms with Crippen LogP contribution in [0.1, 0.15) is 26.9 Å². The molecule has 1 heterocycles. The minimum absolute atomic E-state index is 0.355. The lowest BCUT2D eigenvalue weighted by Crippen LogP contribution is -2.16. The first kappa shape index (κ1) is 14.1. The number of hydrogen-bond acceptors (Lipinski definition) is 6. The third-order valence-corrected chi connectivity index (χ3v) is 4.36.